The van der Waals surface area contributed by atoms with Crippen LogP contribution >= 0.6 is 0 Å². The van der Waals surface area contributed by atoms with Gasteiger partial charge in [-0.3, -0.25) is 5.10 Å². The summed E-state index contributed by atoms with van der Waals surface area (Å²) in [6, 6.07) is 1.36. The van der Waals surface area contributed by atoms with Gasteiger partial charge in [0, 0.05) is 0 Å². The topological polar surface area (TPSA) is 74.8 Å². The molecule has 0 unspecified atom stereocenters. The first-order valence-electron chi connectivity index (χ1n) is 3.88. The molecule has 0 saturated heterocycles. The number of rotatable bonds is 3. The summed E-state index contributed by atoms with van der Waals surface area (Å²) in [5.74, 6) is 2.33. The van der Waals surface area contributed by atoms with E-state index in [9.17, 15) is 8.42 Å². The molecule has 76 valence electrons. The summed E-state index contributed by atoms with van der Waals surface area (Å²) in [5, 5.41) is 5.90. The quantitative estimate of drug-likeness (QED) is 0.699. The second kappa shape index (κ2) is 3.44. The Hall–Kier alpha value is -1.32. The highest BCUT2D eigenvalue weighted by Crippen LogP contribution is 2.08. The monoisotopic (exact) mass is 213 g/mol. The van der Waals surface area contributed by atoms with Crippen molar-refractivity contribution in [3.05, 3.63) is 12.3 Å². The van der Waals surface area contributed by atoms with E-state index in [1.807, 2.05) is 0 Å². The Morgan fingerprint density at radius 1 is 1.64 bits per heavy atom. The van der Waals surface area contributed by atoms with E-state index in [1.54, 1.807) is 13.8 Å². The van der Waals surface area contributed by atoms with Gasteiger partial charge in [0.2, 0.25) is 0 Å². The van der Waals surface area contributed by atoms with Crippen LogP contribution in [0, 0.1) is 12.3 Å². The first kappa shape index (κ1) is 10.8. The van der Waals surface area contributed by atoms with Crippen LogP contribution in [-0.4, -0.2) is 24.2 Å². The number of aromatic amines is 1. The van der Waals surface area contributed by atoms with Gasteiger partial charge in [0.15, 0.2) is 5.03 Å². The lowest BCUT2D eigenvalue weighted by molar-refractivity contribution is 0.535. The van der Waals surface area contributed by atoms with Crippen LogP contribution in [0.25, 0.3) is 0 Å². The Kier molecular flexibility index (Phi) is 2.64. The number of aromatic nitrogens is 2. The summed E-state index contributed by atoms with van der Waals surface area (Å²) in [4.78, 5) is 0. The van der Waals surface area contributed by atoms with Gasteiger partial charge in [-0.15, -0.1) is 6.42 Å². The fraction of sp³-hybridized carbons (Fsp3) is 0.375. The molecule has 6 heteroatoms. The van der Waals surface area contributed by atoms with Crippen LogP contribution in [-0.2, 0) is 10.0 Å². The third-order valence-electron chi connectivity index (χ3n) is 1.52. The van der Waals surface area contributed by atoms with E-state index in [4.69, 9.17) is 6.42 Å². The molecular formula is C8H11N3O2S. The van der Waals surface area contributed by atoms with E-state index < -0.39 is 15.6 Å². The molecule has 1 aromatic rings. The number of H-pyrrole nitrogens is 1. The van der Waals surface area contributed by atoms with Crippen LogP contribution in [0.1, 0.15) is 13.8 Å². The average molecular weight is 213 g/mol. The summed E-state index contributed by atoms with van der Waals surface area (Å²) >= 11 is 0. The molecule has 14 heavy (non-hydrogen) atoms. The van der Waals surface area contributed by atoms with Crippen LogP contribution in [0.15, 0.2) is 17.3 Å². The van der Waals surface area contributed by atoms with E-state index >= 15 is 0 Å². The van der Waals surface area contributed by atoms with Gasteiger partial charge >= 0.3 is 0 Å². The van der Waals surface area contributed by atoms with Gasteiger partial charge in [-0.2, -0.15) is 9.82 Å². The van der Waals surface area contributed by atoms with E-state index in [0.29, 0.717) is 0 Å². The Balaban J connectivity index is 2.97. The highest BCUT2D eigenvalue weighted by Gasteiger charge is 2.24. The summed E-state index contributed by atoms with van der Waals surface area (Å²) in [5.41, 5.74) is -0.913. The molecular weight excluding hydrogens is 202 g/mol. The third-order valence-corrected chi connectivity index (χ3v) is 3.10. The van der Waals surface area contributed by atoms with Gasteiger partial charge in [0.25, 0.3) is 10.0 Å². The predicted octanol–water partition coefficient (Wildman–Crippen LogP) is 0.0998. The first-order chi connectivity index (χ1) is 6.37. The number of hydrogen-bond donors (Lipinski definition) is 2. The molecule has 0 aliphatic heterocycles. The van der Waals surface area contributed by atoms with Crippen LogP contribution in [0.3, 0.4) is 0 Å². The Morgan fingerprint density at radius 3 is 2.71 bits per heavy atom. The fourth-order valence-electron chi connectivity index (χ4n) is 0.813. The smallest absolute Gasteiger partial charge is 0.258 e. The van der Waals surface area contributed by atoms with Crippen molar-refractivity contribution in [2.45, 2.75) is 24.4 Å². The van der Waals surface area contributed by atoms with Crippen molar-refractivity contribution < 1.29 is 8.42 Å². The molecule has 5 nitrogen and oxygen atoms in total. The zero-order valence-corrected chi connectivity index (χ0v) is 8.72. The van der Waals surface area contributed by atoms with Crippen molar-refractivity contribution in [3.8, 4) is 12.3 Å². The van der Waals surface area contributed by atoms with E-state index in [0.717, 1.165) is 0 Å². The zero-order chi connectivity index (χ0) is 10.8. The summed E-state index contributed by atoms with van der Waals surface area (Å²) < 4.78 is 25.5. The number of sulfonamides is 1. The molecule has 0 saturated carbocycles. The van der Waals surface area contributed by atoms with E-state index in [-0.39, 0.29) is 5.03 Å². The van der Waals surface area contributed by atoms with Crippen molar-refractivity contribution in [2.24, 2.45) is 0 Å². The minimum absolute atomic E-state index is 0.000764. The molecule has 0 aromatic carbocycles. The zero-order valence-electron chi connectivity index (χ0n) is 7.90. The van der Waals surface area contributed by atoms with Crippen molar-refractivity contribution in [3.63, 3.8) is 0 Å². The van der Waals surface area contributed by atoms with Gasteiger partial charge in [-0.05, 0) is 19.9 Å². The van der Waals surface area contributed by atoms with E-state index in [1.165, 1.54) is 12.3 Å². The highest BCUT2D eigenvalue weighted by molar-refractivity contribution is 7.89. The lowest BCUT2D eigenvalue weighted by Gasteiger charge is -2.18. The lowest BCUT2D eigenvalue weighted by atomic mass is 10.1. The SMILES string of the molecule is C#CC(C)(C)NS(=O)(=O)c1ccn[nH]1. The maximum absolute atomic E-state index is 11.6. The number of terminal acetylenes is 1. The number of nitrogens with zero attached hydrogens (tertiary/aromatic N) is 1. The maximum Gasteiger partial charge on any atom is 0.258 e. The minimum Gasteiger partial charge on any atom is -0.266 e. The second-order valence-electron chi connectivity index (χ2n) is 3.30. The largest absolute Gasteiger partial charge is 0.266 e. The number of hydrogen-bond acceptors (Lipinski definition) is 3. The van der Waals surface area contributed by atoms with Crippen molar-refractivity contribution in [2.75, 3.05) is 0 Å². The van der Waals surface area contributed by atoms with Gasteiger partial charge < -0.3 is 0 Å². The Morgan fingerprint density at radius 2 is 2.29 bits per heavy atom. The standard InChI is InChI=1S/C8H11N3O2S/c1-4-8(2,3)11-14(12,13)7-5-6-9-10-7/h1,5-6,11H,2-3H3,(H,9,10). The summed E-state index contributed by atoms with van der Waals surface area (Å²) in [6.07, 6.45) is 6.52. The second-order valence-corrected chi connectivity index (χ2v) is 4.95. The molecule has 1 heterocycles. The van der Waals surface area contributed by atoms with Gasteiger partial charge in [0.05, 0.1) is 11.7 Å². The van der Waals surface area contributed by atoms with Gasteiger partial charge in [0.1, 0.15) is 0 Å². The highest BCUT2D eigenvalue weighted by atomic mass is 32.2. The molecule has 0 spiro atoms. The summed E-state index contributed by atoms with van der Waals surface area (Å²) in [6.45, 7) is 3.20. The molecule has 2 N–H and O–H groups in total. The molecule has 0 bridgehead atoms. The van der Waals surface area contributed by atoms with Crippen LogP contribution in [0.5, 0.6) is 0 Å². The van der Waals surface area contributed by atoms with Crippen molar-refractivity contribution >= 4 is 10.0 Å². The third kappa shape index (κ3) is 2.34. The van der Waals surface area contributed by atoms with Crippen LogP contribution < -0.4 is 4.72 Å². The lowest BCUT2D eigenvalue weighted by Crippen LogP contribution is -2.42. The average Bonchev–Trinajstić information content (AvgIpc) is 2.54. The van der Waals surface area contributed by atoms with Gasteiger partial charge in [-0.1, -0.05) is 5.92 Å². The predicted molar refractivity (Wildman–Crippen MR) is 51.8 cm³/mol. The molecule has 0 aliphatic rings. The van der Waals surface area contributed by atoms with Crippen molar-refractivity contribution in [1.82, 2.24) is 14.9 Å². The van der Waals surface area contributed by atoms with Gasteiger partial charge in [-0.25, -0.2) is 8.42 Å². The first-order valence-corrected chi connectivity index (χ1v) is 5.37. The summed E-state index contributed by atoms with van der Waals surface area (Å²) in [7, 11) is -3.60. The normalized spacial score (nSPS) is 12.4. The van der Waals surface area contributed by atoms with E-state index in [2.05, 4.69) is 20.8 Å². The van der Waals surface area contributed by atoms with Crippen LogP contribution in [0.2, 0.25) is 0 Å². The molecule has 0 radical (unpaired) electrons. The Bertz CT molecular complexity index is 439. The molecule has 0 aliphatic carbocycles. The Labute approximate surface area is 83.0 Å². The van der Waals surface area contributed by atoms with Crippen LogP contribution in [0.4, 0.5) is 0 Å². The maximum atomic E-state index is 11.6. The fourth-order valence-corrected chi connectivity index (χ4v) is 2.07. The molecule has 0 fully saturated rings. The number of nitrogens with one attached hydrogen (secondary N) is 2. The molecule has 1 aromatic heterocycles. The van der Waals surface area contributed by atoms with Crippen molar-refractivity contribution in [1.29, 1.82) is 0 Å². The molecule has 1 rings (SSSR count). The molecule has 0 atom stereocenters. The molecule has 0 amide bonds. The minimum atomic E-state index is -3.60.